The maximum absolute atomic E-state index is 12.8. The number of carbonyl (C=O) groups is 2. The molecule has 9 heteroatoms. The van der Waals surface area contributed by atoms with Crippen molar-refractivity contribution in [2.45, 2.75) is 65.0 Å². The van der Waals surface area contributed by atoms with Crippen molar-refractivity contribution in [2.24, 2.45) is 0 Å². The van der Waals surface area contributed by atoms with Crippen molar-refractivity contribution < 1.29 is 19.2 Å². The van der Waals surface area contributed by atoms with E-state index in [1.165, 1.54) is 5.06 Å². The molecule has 4 rings (SSSR count). The van der Waals surface area contributed by atoms with Crippen LogP contribution in [-0.4, -0.2) is 50.6 Å². The van der Waals surface area contributed by atoms with Gasteiger partial charge in [0.25, 0.3) is 0 Å². The number of nitrogens with zero attached hydrogens (tertiary/aromatic N) is 4. The first-order valence-electron chi connectivity index (χ1n) is 11.1. The summed E-state index contributed by atoms with van der Waals surface area (Å²) in [5.41, 5.74) is 2.63. The molecule has 0 spiro atoms. The summed E-state index contributed by atoms with van der Waals surface area (Å²) < 4.78 is 7.21. The van der Waals surface area contributed by atoms with Gasteiger partial charge in [0.1, 0.15) is 18.2 Å². The van der Waals surface area contributed by atoms with Gasteiger partial charge in [-0.15, -0.1) is 0 Å². The average Bonchev–Trinajstić information content (AvgIpc) is 3.26. The Morgan fingerprint density at radius 1 is 1.22 bits per heavy atom. The standard InChI is InChI=1S/C23H31N5O4/c1-23(2,3)32-21(29)24-11-7-8-12-27-19-14-26-15-20(18(19)13-25-27)28(22(26)30)31-16-17-9-5-4-6-10-17/h4-6,9-10,13,20H,7-8,11-12,14-16H2,1-3H3,(H,24,29). The Morgan fingerprint density at radius 2 is 2.00 bits per heavy atom. The summed E-state index contributed by atoms with van der Waals surface area (Å²) in [6, 6.07) is 9.59. The quantitative estimate of drug-likeness (QED) is 0.632. The largest absolute Gasteiger partial charge is 0.444 e. The Kier molecular flexibility index (Phi) is 6.36. The van der Waals surface area contributed by atoms with Gasteiger partial charge in [0.15, 0.2) is 0 Å². The third kappa shape index (κ3) is 5.04. The van der Waals surface area contributed by atoms with Crippen LogP contribution >= 0.6 is 0 Å². The second-order valence-electron chi connectivity index (χ2n) is 9.17. The zero-order valence-electron chi connectivity index (χ0n) is 18.9. The fourth-order valence-electron chi connectivity index (χ4n) is 4.00. The van der Waals surface area contributed by atoms with Crippen molar-refractivity contribution >= 4 is 12.1 Å². The Bertz CT molecular complexity index is 953. The summed E-state index contributed by atoms with van der Waals surface area (Å²) in [6.45, 7) is 8.31. The number of nitrogens with one attached hydrogen (secondary N) is 1. The van der Waals surface area contributed by atoms with Gasteiger partial charge in [-0.1, -0.05) is 30.3 Å². The van der Waals surface area contributed by atoms with E-state index in [4.69, 9.17) is 9.57 Å². The molecule has 1 fully saturated rings. The molecular formula is C23H31N5O4. The Balaban J connectivity index is 1.30. The number of hydroxylamine groups is 2. The summed E-state index contributed by atoms with van der Waals surface area (Å²) in [5.74, 6) is 0. The number of hydrogen-bond acceptors (Lipinski definition) is 5. The van der Waals surface area contributed by atoms with Gasteiger partial charge in [-0.05, 0) is 39.2 Å². The minimum Gasteiger partial charge on any atom is -0.444 e. The molecule has 3 heterocycles. The number of aryl methyl sites for hydroxylation is 1. The van der Waals surface area contributed by atoms with Crippen molar-refractivity contribution in [1.29, 1.82) is 0 Å². The van der Waals surface area contributed by atoms with Crippen LogP contribution in [0.3, 0.4) is 0 Å². The fraction of sp³-hybridized carbons (Fsp3) is 0.522. The van der Waals surface area contributed by atoms with Gasteiger partial charge in [0.2, 0.25) is 0 Å². The molecule has 0 saturated carbocycles. The van der Waals surface area contributed by atoms with Gasteiger partial charge in [-0.25, -0.2) is 9.59 Å². The third-order valence-electron chi connectivity index (χ3n) is 5.49. The summed E-state index contributed by atoms with van der Waals surface area (Å²) in [7, 11) is 0. The zero-order chi connectivity index (χ0) is 22.7. The Morgan fingerprint density at radius 3 is 2.75 bits per heavy atom. The first kappa shape index (κ1) is 22.1. The van der Waals surface area contributed by atoms with Crippen molar-refractivity contribution in [1.82, 2.24) is 25.1 Å². The minimum atomic E-state index is -0.497. The smallest absolute Gasteiger partial charge is 0.407 e. The second-order valence-corrected chi connectivity index (χ2v) is 9.17. The highest BCUT2D eigenvalue weighted by Gasteiger charge is 2.45. The molecular weight excluding hydrogens is 410 g/mol. The van der Waals surface area contributed by atoms with Crippen LogP contribution < -0.4 is 5.32 Å². The monoisotopic (exact) mass is 441 g/mol. The number of ether oxygens (including phenoxy) is 1. The molecule has 2 aromatic rings. The maximum atomic E-state index is 12.8. The summed E-state index contributed by atoms with van der Waals surface area (Å²) in [6.07, 6.45) is 3.13. The van der Waals surface area contributed by atoms with Crippen molar-refractivity contribution in [2.75, 3.05) is 13.1 Å². The number of amides is 3. The number of hydrogen-bond donors (Lipinski definition) is 1. The van der Waals surface area contributed by atoms with E-state index < -0.39 is 11.7 Å². The van der Waals surface area contributed by atoms with Crippen LogP contribution in [-0.2, 0) is 29.3 Å². The molecule has 2 aliphatic heterocycles. The molecule has 1 N–H and O–H groups in total. The van der Waals surface area contributed by atoms with Crippen LogP contribution in [0.25, 0.3) is 0 Å². The molecule has 2 aliphatic rings. The van der Waals surface area contributed by atoms with Gasteiger partial charge in [-0.3, -0.25) is 9.52 Å². The molecule has 1 atom stereocenters. The molecule has 0 aliphatic carbocycles. The van der Waals surface area contributed by atoms with Crippen LogP contribution in [0.15, 0.2) is 36.5 Å². The van der Waals surface area contributed by atoms with Crippen LogP contribution in [0.2, 0.25) is 0 Å². The first-order chi connectivity index (χ1) is 15.3. The van der Waals surface area contributed by atoms with Crippen molar-refractivity contribution in [3.05, 3.63) is 53.3 Å². The number of unbranched alkanes of at least 4 members (excludes halogenated alkanes) is 1. The number of carbonyl (C=O) groups excluding carboxylic acids is 2. The lowest BCUT2D eigenvalue weighted by molar-refractivity contribution is -0.141. The fourth-order valence-corrected chi connectivity index (χ4v) is 4.00. The van der Waals surface area contributed by atoms with Crippen LogP contribution in [0.5, 0.6) is 0 Å². The van der Waals surface area contributed by atoms with Crippen LogP contribution in [0.4, 0.5) is 9.59 Å². The highest BCUT2D eigenvalue weighted by atomic mass is 16.7. The highest BCUT2D eigenvalue weighted by Crippen LogP contribution is 2.38. The number of rotatable bonds is 8. The lowest BCUT2D eigenvalue weighted by Gasteiger charge is -2.23. The van der Waals surface area contributed by atoms with Crippen LogP contribution in [0.1, 0.15) is 56.5 Å². The molecule has 2 bridgehead atoms. The van der Waals surface area contributed by atoms with E-state index in [0.29, 0.717) is 26.2 Å². The summed E-state index contributed by atoms with van der Waals surface area (Å²) in [5, 5.41) is 8.83. The average molecular weight is 442 g/mol. The van der Waals surface area contributed by atoms with Crippen molar-refractivity contribution in [3.8, 4) is 0 Å². The van der Waals surface area contributed by atoms with E-state index in [1.54, 1.807) is 4.90 Å². The number of aromatic nitrogens is 2. The molecule has 1 saturated heterocycles. The zero-order valence-corrected chi connectivity index (χ0v) is 18.9. The molecule has 1 unspecified atom stereocenters. The van der Waals surface area contributed by atoms with Gasteiger partial charge >= 0.3 is 12.1 Å². The summed E-state index contributed by atoms with van der Waals surface area (Å²) >= 11 is 0. The van der Waals surface area contributed by atoms with E-state index in [1.807, 2.05) is 62.0 Å². The van der Waals surface area contributed by atoms with Gasteiger partial charge in [-0.2, -0.15) is 10.2 Å². The SMILES string of the molecule is CC(C)(C)OC(=O)NCCCCn1ncc2c1CN1CC2N(OCc2ccccc2)C1=O. The van der Waals surface area contributed by atoms with Gasteiger partial charge < -0.3 is 15.0 Å². The number of alkyl carbamates (subject to hydrolysis) is 1. The highest BCUT2D eigenvalue weighted by molar-refractivity contribution is 5.77. The number of benzene rings is 1. The predicted octanol–water partition coefficient (Wildman–Crippen LogP) is 3.61. The number of urea groups is 1. The molecule has 9 nitrogen and oxygen atoms in total. The third-order valence-corrected chi connectivity index (χ3v) is 5.49. The van der Waals surface area contributed by atoms with E-state index in [0.717, 1.165) is 36.2 Å². The normalized spacial score (nSPS) is 17.5. The lowest BCUT2D eigenvalue weighted by atomic mass is 10.0. The van der Waals surface area contributed by atoms with Gasteiger partial charge in [0.05, 0.1) is 25.0 Å². The van der Waals surface area contributed by atoms with E-state index in [2.05, 4.69) is 10.4 Å². The number of fused-ring (bicyclic) bond motifs is 4. The van der Waals surface area contributed by atoms with E-state index in [9.17, 15) is 9.59 Å². The Hall–Kier alpha value is -3.07. The second kappa shape index (κ2) is 9.20. The molecule has 3 amide bonds. The molecule has 172 valence electrons. The minimum absolute atomic E-state index is 0.102. The van der Waals surface area contributed by atoms with E-state index in [-0.39, 0.29) is 12.1 Å². The Labute approximate surface area is 188 Å². The first-order valence-corrected chi connectivity index (χ1v) is 11.1. The predicted molar refractivity (Wildman–Crippen MR) is 117 cm³/mol. The maximum Gasteiger partial charge on any atom is 0.407 e. The van der Waals surface area contributed by atoms with Crippen molar-refractivity contribution in [3.63, 3.8) is 0 Å². The van der Waals surface area contributed by atoms with Crippen LogP contribution in [0, 0.1) is 0 Å². The van der Waals surface area contributed by atoms with E-state index >= 15 is 0 Å². The van der Waals surface area contributed by atoms with Gasteiger partial charge in [0, 0.05) is 18.7 Å². The molecule has 1 aromatic heterocycles. The molecule has 32 heavy (non-hydrogen) atoms. The molecule has 0 radical (unpaired) electrons. The molecule has 1 aromatic carbocycles. The lowest BCUT2D eigenvalue weighted by Crippen LogP contribution is -2.33. The summed E-state index contributed by atoms with van der Waals surface area (Å²) in [4.78, 5) is 32.2. The topological polar surface area (TPSA) is 88.9 Å².